The first-order valence-corrected chi connectivity index (χ1v) is 12.6. The normalized spacial score (nSPS) is 22.1. The topological polar surface area (TPSA) is 85.2 Å². The number of halogens is 2. The molecule has 6 nitrogen and oxygen atoms in total. The molecule has 0 aromatic heterocycles. The number of benzene rings is 2. The first-order chi connectivity index (χ1) is 16.6. The maximum absolute atomic E-state index is 13.7. The second kappa shape index (κ2) is 10.2. The Kier molecular flexibility index (Phi) is 7.38. The fourth-order valence-corrected chi connectivity index (χ4v) is 5.52. The molecule has 184 valence electrons. The van der Waals surface area contributed by atoms with Crippen LogP contribution in [0, 0.1) is 5.92 Å². The molecule has 35 heavy (non-hydrogen) atoms. The van der Waals surface area contributed by atoms with Crippen LogP contribution in [0.25, 0.3) is 0 Å². The molecular weight excluding hydrogens is 534 g/mol. The monoisotopic (exact) mass is 559 g/mol. The van der Waals surface area contributed by atoms with Crippen LogP contribution in [0.1, 0.15) is 56.6 Å². The summed E-state index contributed by atoms with van der Waals surface area (Å²) < 4.78 is 11.3. The Balaban J connectivity index is 1.85. The van der Waals surface area contributed by atoms with Crippen LogP contribution in [-0.4, -0.2) is 35.8 Å². The van der Waals surface area contributed by atoms with Crippen molar-refractivity contribution in [2.45, 2.75) is 51.6 Å². The van der Waals surface area contributed by atoms with Crippen molar-refractivity contribution >= 4 is 45.0 Å². The van der Waals surface area contributed by atoms with Crippen molar-refractivity contribution in [3.8, 4) is 11.5 Å². The highest BCUT2D eigenvalue weighted by Gasteiger charge is 2.45. The minimum absolute atomic E-state index is 0.0315. The number of carbonyl (C=O) groups excluding carboxylic acids is 2. The Morgan fingerprint density at radius 2 is 1.86 bits per heavy atom. The lowest BCUT2D eigenvalue weighted by Crippen LogP contribution is -2.38. The van der Waals surface area contributed by atoms with Crippen molar-refractivity contribution in [2.24, 2.45) is 10.9 Å². The maximum atomic E-state index is 13.7. The molecule has 1 unspecified atom stereocenters. The van der Waals surface area contributed by atoms with Crippen LogP contribution in [-0.2, 0) is 14.3 Å². The number of hydrogen-bond acceptors (Lipinski definition) is 6. The summed E-state index contributed by atoms with van der Waals surface area (Å²) in [7, 11) is 1.45. The number of rotatable bonds is 5. The molecule has 1 aliphatic carbocycles. The standard InChI is InChI=1S/C27H27BrClNO5/c1-13(2)35-27(33)23-14(3)30-20-10-16(15-5-7-18(29)8-6-15)11-21(31)25(20)24(23)17-9-19(28)26(32)22(12-17)34-4/h5-9,12-13,16,23-24,32H,10-11H2,1-4H3/t16-,23?,24+/m0/s1. The molecule has 4 rings (SSSR count). The number of hydrogen-bond donors (Lipinski definition) is 1. The molecule has 3 atom stereocenters. The Hall–Kier alpha value is -2.64. The second-order valence-electron chi connectivity index (χ2n) is 9.19. The average molecular weight is 561 g/mol. The average Bonchev–Trinajstić information content (AvgIpc) is 2.79. The SMILES string of the molecule is COc1cc([C@H]2C3=C(C[C@H](c4ccc(Cl)cc4)CC3=O)N=C(C)C2C(=O)OC(C)C)cc(Br)c1O. The van der Waals surface area contributed by atoms with Crippen LogP contribution in [0.2, 0.25) is 5.02 Å². The summed E-state index contributed by atoms with van der Waals surface area (Å²) in [6.45, 7) is 5.37. The van der Waals surface area contributed by atoms with Crippen LogP contribution >= 0.6 is 27.5 Å². The number of esters is 1. The van der Waals surface area contributed by atoms with Crippen molar-refractivity contribution < 1.29 is 24.2 Å². The van der Waals surface area contributed by atoms with E-state index in [1.54, 1.807) is 32.9 Å². The number of phenols is 1. The first-order valence-electron chi connectivity index (χ1n) is 11.4. The highest BCUT2D eigenvalue weighted by atomic mass is 79.9. The van der Waals surface area contributed by atoms with E-state index < -0.39 is 17.8 Å². The zero-order chi connectivity index (χ0) is 25.4. The number of carbonyl (C=O) groups is 2. The van der Waals surface area contributed by atoms with E-state index in [-0.39, 0.29) is 29.3 Å². The van der Waals surface area contributed by atoms with Crippen LogP contribution < -0.4 is 4.74 Å². The third-order valence-corrected chi connectivity index (χ3v) is 7.32. The van der Waals surface area contributed by atoms with Gasteiger partial charge in [0.25, 0.3) is 0 Å². The number of Topliss-reactive ketones (excluding diaryl/α,β-unsaturated/α-hetero) is 1. The molecule has 0 fully saturated rings. The summed E-state index contributed by atoms with van der Waals surface area (Å²) in [5.74, 6) is -1.71. The van der Waals surface area contributed by atoms with Crippen molar-refractivity contribution in [3.05, 3.63) is 68.3 Å². The van der Waals surface area contributed by atoms with E-state index in [4.69, 9.17) is 26.1 Å². The van der Waals surface area contributed by atoms with Crippen LogP contribution in [0.4, 0.5) is 0 Å². The van der Waals surface area contributed by atoms with E-state index in [1.165, 1.54) is 7.11 Å². The van der Waals surface area contributed by atoms with Crippen LogP contribution in [0.15, 0.2) is 57.1 Å². The zero-order valence-electron chi connectivity index (χ0n) is 20.0. The zero-order valence-corrected chi connectivity index (χ0v) is 22.3. The molecule has 1 N–H and O–H groups in total. The molecule has 0 radical (unpaired) electrons. The highest BCUT2D eigenvalue weighted by molar-refractivity contribution is 9.10. The Bertz CT molecular complexity index is 1230. The fourth-order valence-electron chi connectivity index (χ4n) is 4.93. The predicted octanol–water partition coefficient (Wildman–Crippen LogP) is 6.34. The van der Waals surface area contributed by atoms with Gasteiger partial charge in [0.1, 0.15) is 5.92 Å². The summed E-state index contributed by atoms with van der Waals surface area (Å²) in [4.78, 5) is 31.7. The first kappa shape index (κ1) is 25.5. The molecule has 2 aromatic rings. The predicted molar refractivity (Wildman–Crippen MR) is 138 cm³/mol. The van der Waals surface area contributed by atoms with Crippen molar-refractivity contribution in [1.29, 1.82) is 0 Å². The van der Waals surface area contributed by atoms with Gasteiger partial charge in [0, 0.05) is 34.3 Å². The Morgan fingerprint density at radius 3 is 2.49 bits per heavy atom. The van der Waals surface area contributed by atoms with Crippen LogP contribution in [0.3, 0.4) is 0 Å². The molecule has 2 aromatic carbocycles. The van der Waals surface area contributed by atoms with Gasteiger partial charge < -0.3 is 14.6 Å². The molecule has 1 heterocycles. The van der Waals surface area contributed by atoms with Gasteiger partial charge >= 0.3 is 5.97 Å². The Morgan fingerprint density at radius 1 is 1.17 bits per heavy atom. The third-order valence-electron chi connectivity index (χ3n) is 6.47. The van der Waals surface area contributed by atoms with Gasteiger partial charge in [-0.15, -0.1) is 0 Å². The largest absolute Gasteiger partial charge is 0.503 e. The molecule has 8 heteroatoms. The lowest BCUT2D eigenvalue weighted by atomic mass is 9.69. The van der Waals surface area contributed by atoms with E-state index in [0.717, 1.165) is 5.56 Å². The fraction of sp³-hybridized carbons (Fsp3) is 0.370. The third kappa shape index (κ3) is 5.02. The number of ketones is 1. The number of ether oxygens (including phenoxy) is 2. The number of phenolic OH excluding ortho intramolecular Hbond substituents is 1. The number of aromatic hydroxyl groups is 1. The number of aliphatic imine (C=N–C) groups is 1. The Labute approximate surface area is 218 Å². The van der Waals surface area contributed by atoms with E-state index in [2.05, 4.69) is 15.9 Å². The lowest BCUT2D eigenvalue weighted by molar-refractivity contribution is -0.150. The van der Waals surface area contributed by atoms with Gasteiger partial charge in [-0.1, -0.05) is 23.7 Å². The minimum atomic E-state index is -0.770. The van der Waals surface area contributed by atoms with Gasteiger partial charge in [0.15, 0.2) is 17.3 Å². The highest BCUT2D eigenvalue weighted by Crippen LogP contribution is 2.49. The van der Waals surface area contributed by atoms with Gasteiger partial charge in [0.2, 0.25) is 0 Å². The maximum Gasteiger partial charge on any atom is 0.315 e. The molecular formula is C27H27BrClNO5. The smallest absolute Gasteiger partial charge is 0.315 e. The van der Waals surface area contributed by atoms with Crippen molar-refractivity contribution in [3.63, 3.8) is 0 Å². The van der Waals surface area contributed by atoms with E-state index >= 15 is 0 Å². The van der Waals surface area contributed by atoms with Crippen LogP contribution in [0.5, 0.6) is 11.5 Å². The minimum Gasteiger partial charge on any atom is -0.503 e. The van der Waals surface area contributed by atoms with Gasteiger partial charge in [-0.25, -0.2) is 0 Å². The second-order valence-corrected chi connectivity index (χ2v) is 10.5. The molecule has 0 spiro atoms. The molecule has 2 aliphatic rings. The molecule has 0 saturated heterocycles. The summed E-state index contributed by atoms with van der Waals surface area (Å²) in [6, 6.07) is 10.9. The van der Waals surface area contributed by atoms with E-state index in [9.17, 15) is 14.7 Å². The van der Waals surface area contributed by atoms with Gasteiger partial charge in [-0.3, -0.25) is 14.6 Å². The number of allylic oxidation sites excluding steroid dienone is 2. The lowest BCUT2D eigenvalue weighted by Gasteiger charge is -2.37. The summed E-state index contributed by atoms with van der Waals surface area (Å²) in [6.07, 6.45) is 0.552. The van der Waals surface area contributed by atoms with E-state index in [0.29, 0.717) is 44.9 Å². The molecule has 0 amide bonds. The summed E-state index contributed by atoms with van der Waals surface area (Å²) in [5, 5.41) is 11.0. The molecule has 1 aliphatic heterocycles. The molecule has 0 bridgehead atoms. The van der Waals surface area contributed by atoms with Gasteiger partial charge in [-0.05, 0) is 84.4 Å². The van der Waals surface area contributed by atoms with Crippen molar-refractivity contribution in [1.82, 2.24) is 0 Å². The quantitative estimate of drug-likeness (QED) is 0.431. The van der Waals surface area contributed by atoms with Gasteiger partial charge in [0.05, 0.1) is 17.7 Å². The van der Waals surface area contributed by atoms with Gasteiger partial charge in [-0.2, -0.15) is 0 Å². The number of nitrogens with zero attached hydrogens (tertiary/aromatic N) is 1. The number of methoxy groups -OCH3 is 1. The molecule has 0 saturated carbocycles. The summed E-state index contributed by atoms with van der Waals surface area (Å²) in [5.41, 5.74) is 3.48. The van der Waals surface area contributed by atoms with Crippen molar-refractivity contribution in [2.75, 3.05) is 7.11 Å². The summed E-state index contributed by atoms with van der Waals surface area (Å²) >= 11 is 9.43. The van der Waals surface area contributed by atoms with E-state index in [1.807, 2.05) is 24.3 Å².